The molecule has 1 aromatic heterocycles. The lowest BCUT2D eigenvalue weighted by molar-refractivity contribution is 0.290. The molecular formula is C15H20ClFIN3. The van der Waals surface area contributed by atoms with Crippen LogP contribution in [-0.2, 0) is 13.0 Å². The van der Waals surface area contributed by atoms with E-state index in [0.29, 0.717) is 15.9 Å². The van der Waals surface area contributed by atoms with Gasteiger partial charge in [0, 0.05) is 31.5 Å². The summed E-state index contributed by atoms with van der Waals surface area (Å²) in [6.45, 7) is 8.07. The molecule has 1 aromatic carbocycles. The van der Waals surface area contributed by atoms with Crippen LogP contribution in [0.5, 0.6) is 0 Å². The lowest BCUT2D eigenvalue weighted by Gasteiger charge is -2.19. The summed E-state index contributed by atoms with van der Waals surface area (Å²) in [4.78, 5) is 6.97. The smallest absolute Gasteiger partial charge is 0.138 e. The van der Waals surface area contributed by atoms with Crippen molar-refractivity contribution in [2.45, 2.75) is 26.8 Å². The number of rotatable bonds is 7. The highest BCUT2D eigenvalue weighted by molar-refractivity contribution is 14.1. The van der Waals surface area contributed by atoms with Crippen LogP contribution in [0, 0.1) is 9.39 Å². The number of alkyl halides is 1. The molecule has 0 radical (unpaired) electrons. The molecule has 0 saturated heterocycles. The maximum absolute atomic E-state index is 13.9. The zero-order valence-electron chi connectivity index (χ0n) is 12.4. The summed E-state index contributed by atoms with van der Waals surface area (Å²) >= 11 is 7.88. The van der Waals surface area contributed by atoms with Gasteiger partial charge in [-0.2, -0.15) is 0 Å². The Labute approximate surface area is 143 Å². The Morgan fingerprint density at radius 3 is 2.67 bits per heavy atom. The Balaban J connectivity index is 2.38. The van der Waals surface area contributed by atoms with E-state index in [0.717, 1.165) is 43.0 Å². The second-order valence-electron chi connectivity index (χ2n) is 4.90. The van der Waals surface area contributed by atoms with E-state index in [-0.39, 0.29) is 5.82 Å². The van der Waals surface area contributed by atoms with Gasteiger partial charge in [0.25, 0.3) is 0 Å². The van der Waals surface area contributed by atoms with Crippen molar-refractivity contribution in [3.8, 4) is 0 Å². The van der Waals surface area contributed by atoms with Gasteiger partial charge in [0.05, 0.1) is 14.6 Å². The second kappa shape index (κ2) is 7.74. The van der Waals surface area contributed by atoms with Crippen molar-refractivity contribution in [3.05, 3.63) is 27.3 Å². The molecule has 0 bridgehead atoms. The van der Waals surface area contributed by atoms with E-state index >= 15 is 0 Å². The third-order valence-electron chi connectivity index (χ3n) is 3.72. The van der Waals surface area contributed by atoms with Crippen LogP contribution in [0.3, 0.4) is 0 Å². The van der Waals surface area contributed by atoms with Crippen molar-refractivity contribution in [2.75, 3.05) is 25.5 Å². The third-order valence-corrected chi connectivity index (χ3v) is 4.74. The van der Waals surface area contributed by atoms with Crippen molar-refractivity contribution in [1.29, 1.82) is 0 Å². The van der Waals surface area contributed by atoms with Gasteiger partial charge in [-0.25, -0.2) is 9.37 Å². The first-order valence-corrected chi connectivity index (χ1v) is 8.84. The first-order valence-electron chi connectivity index (χ1n) is 7.23. The number of aryl methyl sites for hydroxylation is 1. The molecule has 21 heavy (non-hydrogen) atoms. The number of benzene rings is 1. The van der Waals surface area contributed by atoms with Gasteiger partial charge < -0.3 is 9.47 Å². The average Bonchev–Trinajstić information content (AvgIpc) is 2.78. The first kappa shape index (κ1) is 17.0. The number of halogens is 3. The van der Waals surface area contributed by atoms with Crippen LogP contribution in [0.4, 0.5) is 4.39 Å². The molecule has 0 atom stereocenters. The summed E-state index contributed by atoms with van der Waals surface area (Å²) in [5.74, 6) is 1.27. The molecule has 0 saturated carbocycles. The summed E-state index contributed by atoms with van der Waals surface area (Å²) in [6, 6.07) is 3.39. The van der Waals surface area contributed by atoms with Gasteiger partial charge in [-0.1, -0.05) is 13.8 Å². The molecule has 0 N–H and O–H groups in total. The van der Waals surface area contributed by atoms with Gasteiger partial charge in [0.1, 0.15) is 11.6 Å². The minimum atomic E-state index is -0.190. The maximum atomic E-state index is 13.9. The predicted molar refractivity (Wildman–Crippen MR) is 94.6 cm³/mol. The Morgan fingerprint density at radius 1 is 1.33 bits per heavy atom. The van der Waals surface area contributed by atoms with Crippen molar-refractivity contribution in [1.82, 2.24) is 14.5 Å². The lowest BCUT2D eigenvalue weighted by atomic mass is 10.3. The molecular weight excluding hydrogens is 404 g/mol. The van der Waals surface area contributed by atoms with Gasteiger partial charge in [-0.3, -0.25) is 0 Å². The van der Waals surface area contributed by atoms with E-state index in [4.69, 9.17) is 11.6 Å². The number of fused-ring (bicyclic) bond motifs is 1. The molecule has 6 heteroatoms. The largest absolute Gasteiger partial charge is 0.327 e. The number of hydrogen-bond donors (Lipinski definition) is 0. The van der Waals surface area contributed by atoms with Crippen LogP contribution in [0.15, 0.2) is 12.1 Å². The molecule has 116 valence electrons. The summed E-state index contributed by atoms with van der Waals surface area (Å²) in [5, 5.41) is 0. The van der Waals surface area contributed by atoms with Crippen LogP contribution in [0.25, 0.3) is 11.0 Å². The van der Waals surface area contributed by atoms with Crippen LogP contribution >= 0.6 is 34.2 Å². The molecule has 2 aromatic rings. The normalized spacial score (nSPS) is 11.7. The summed E-state index contributed by atoms with van der Waals surface area (Å²) < 4.78 is 16.6. The molecule has 0 aliphatic rings. The second-order valence-corrected chi connectivity index (χ2v) is 6.44. The predicted octanol–water partition coefficient (Wildman–Crippen LogP) is 3.90. The fourth-order valence-electron chi connectivity index (χ4n) is 2.48. The SMILES string of the molecule is CCN(CC)CCn1c(CCCl)nc2cc(I)c(F)cc21. The quantitative estimate of drug-likeness (QED) is 0.497. The van der Waals surface area contributed by atoms with Gasteiger partial charge in [-0.15, -0.1) is 11.6 Å². The van der Waals surface area contributed by atoms with E-state index < -0.39 is 0 Å². The number of likely N-dealkylation sites (N-methyl/N-ethyl adjacent to an activating group) is 1. The molecule has 0 unspecified atom stereocenters. The van der Waals surface area contributed by atoms with E-state index in [1.165, 1.54) is 0 Å². The van der Waals surface area contributed by atoms with Crippen molar-refractivity contribution < 1.29 is 4.39 Å². The van der Waals surface area contributed by atoms with E-state index in [1.807, 2.05) is 22.6 Å². The topological polar surface area (TPSA) is 21.1 Å². The minimum Gasteiger partial charge on any atom is -0.327 e. The van der Waals surface area contributed by atoms with Gasteiger partial charge >= 0.3 is 0 Å². The first-order chi connectivity index (χ1) is 10.1. The van der Waals surface area contributed by atoms with Crippen LogP contribution in [0.1, 0.15) is 19.7 Å². The summed E-state index contributed by atoms with van der Waals surface area (Å²) in [7, 11) is 0. The standard InChI is InChI=1S/C15H20ClFIN3/c1-3-20(4-2)7-8-21-14-9-11(17)12(18)10-13(14)19-15(21)5-6-16/h9-10H,3-8H2,1-2H3. The molecule has 0 amide bonds. The summed E-state index contributed by atoms with van der Waals surface area (Å²) in [5.41, 5.74) is 1.71. The molecule has 0 spiro atoms. The van der Waals surface area contributed by atoms with E-state index in [1.54, 1.807) is 12.1 Å². The fraction of sp³-hybridized carbons (Fsp3) is 0.533. The van der Waals surface area contributed by atoms with Crippen LogP contribution < -0.4 is 0 Å². The van der Waals surface area contributed by atoms with E-state index in [9.17, 15) is 4.39 Å². The van der Waals surface area contributed by atoms with Crippen LogP contribution in [0.2, 0.25) is 0 Å². The Kier molecular flexibility index (Phi) is 6.25. The zero-order chi connectivity index (χ0) is 15.4. The molecule has 0 aliphatic carbocycles. The van der Waals surface area contributed by atoms with Crippen molar-refractivity contribution >= 4 is 45.2 Å². The van der Waals surface area contributed by atoms with Crippen molar-refractivity contribution in [3.63, 3.8) is 0 Å². The highest BCUT2D eigenvalue weighted by Gasteiger charge is 2.13. The van der Waals surface area contributed by atoms with Gasteiger partial charge in [0.2, 0.25) is 0 Å². The molecule has 3 nitrogen and oxygen atoms in total. The maximum Gasteiger partial charge on any atom is 0.138 e. The molecule has 0 aliphatic heterocycles. The van der Waals surface area contributed by atoms with Gasteiger partial charge in [0.15, 0.2) is 0 Å². The number of nitrogens with zero attached hydrogens (tertiary/aromatic N) is 3. The number of aromatic nitrogens is 2. The molecule has 0 fully saturated rings. The summed E-state index contributed by atoms with van der Waals surface area (Å²) in [6.07, 6.45) is 0.701. The van der Waals surface area contributed by atoms with Crippen LogP contribution in [-0.4, -0.2) is 40.0 Å². The Bertz CT molecular complexity index is 610. The zero-order valence-corrected chi connectivity index (χ0v) is 15.3. The fourth-order valence-corrected chi connectivity index (χ4v) is 3.10. The highest BCUT2D eigenvalue weighted by Crippen LogP contribution is 2.22. The lowest BCUT2D eigenvalue weighted by Crippen LogP contribution is -2.27. The van der Waals surface area contributed by atoms with Crippen molar-refractivity contribution in [2.24, 2.45) is 0 Å². The number of hydrogen-bond acceptors (Lipinski definition) is 2. The number of imidazole rings is 1. The highest BCUT2D eigenvalue weighted by atomic mass is 127. The Morgan fingerprint density at radius 2 is 2.05 bits per heavy atom. The van der Waals surface area contributed by atoms with E-state index in [2.05, 4.69) is 28.3 Å². The molecule has 2 rings (SSSR count). The molecule has 1 heterocycles. The van der Waals surface area contributed by atoms with Gasteiger partial charge in [-0.05, 0) is 41.7 Å². The Hall–Kier alpha value is -0.400. The monoisotopic (exact) mass is 423 g/mol. The third kappa shape index (κ3) is 3.87. The average molecular weight is 424 g/mol. The minimum absolute atomic E-state index is 0.190.